The van der Waals surface area contributed by atoms with E-state index in [2.05, 4.69) is 5.32 Å². The number of hydrogen-bond acceptors (Lipinski definition) is 3. The van der Waals surface area contributed by atoms with Crippen molar-refractivity contribution >= 4 is 5.78 Å². The fourth-order valence-corrected chi connectivity index (χ4v) is 2.37. The average molecular weight is 239 g/mol. The summed E-state index contributed by atoms with van der Waals surface area (Å²) in [6, 6.07) is 0. The highest BCUT2D eigenvalue weighted by Crippen LogP contribution is 2.24. The van der Waals surface area contributed by atoms with E-state index in [1.807, 2.05) is 13.8 Å². The molecule has 0 aromatic rings. The maximum Gasteiger partial charge on any atom is 0.196 e. The summed E-state index contributed by atoms with van der Waals surface area (Å²) in [5, 5.41) is 3.15. The summed E-state index contributed by atoms with van der Waals surface area (Å²) in [5.41, 5.74) is 0.857. The van der Waals surface area contributed by atoms with Crippen LogP contribution in [0.25, 0.3) is 0 Å². The zero-order valence-electron chi connectivity index (χ0n) is 11.3. The van der Waals surface area contributed by atoms with Gasteiger partial charge < -0.3 is 10.1 Å². The van der Waals surface area contributed by atoms with E-state index >= 15 is 0 Å². The van der Waals surface area contributed by atoms with E-state index in [9.17, 15) is 4.79 Å². The van der Waals surface area contributed by atoms with Crippen molar-refractivity contribution in [3.63, 3.8) is 0 Å². The quantitative estimate of drug-likeness (QED) is 0.572. The van der Waals surface area contributed by atoms with Crippen LogP contribution < -0.4 is 5.32 Å². The van der Waals surface area contributed by atoms with Crippen LogP contribution in [-0.4, -0.2) is 18.9 Å². The molecule has 17 heavy (non-hydrogen) atoms. The lowest BCUT2D eigenvalue weighted by Gasteiger charge is -2.22. The molecule has 0 spiro atoms. The minimum absolute atomic E-state index is 0.0132. The van der Waals surface area contributed by atoms with Crippen molar-refractivity contribution in [3.05, 3.63) is 11.5 Å². The van der Waals surface area contributed by atoms with Gasteiger partial charge in [-0.1, -0.05) is 19.3 Å². The number of Topliss-reactive ketones (excluding diaryl/α,β-unsaturated/α-hetero) is 1. The lowest BCUT2D eigenvalue weighted by atomic mass is 9.90. The van der Waals surface area contributed by atoms with E-state index in [1.165, 1.54) is 32.1 Å². The van der Waals surface area contributed by atoms with Gasteiger partial charge in [0, 0.05) is 13.5 Å². The minimum Gasteiger partial charge on any atom is -0.488 e. The third-order valence-corrected chi connectivity index (χ3v) is 3.29. The second-order valence-electron chi connectivity index (χ2n) is 4.86. The van der Waals surface area contributed by atoms with Crippen LogP contribution in [0.15, 0.2) is 11.5 Å². The molecule has 0 aliphatic heterocycles. The van der Waals surface area contributed by atoms with Crippen LogP contribution in [0, 0.1) is 5.92 Å². The van der Waals surface area contributed by atoms with E-state index in [4.69, 9.17) is 4.74 Å². The van der Waals surface area contributed by atoms with Crippen molar-refractivity contribution in [2.24, 2.45) is 5.92 Å². The van der Waals surface area contributed by atoms with Gasteiger partial charge in [-0.25, -0.2) is 0 Å². The first-order valence-electron chi connectivity index (χ1n) is 6.73. The van der Waals surface area contributed by atoms with Gasteiger partial charge in [-0.2, -0.15) is 0 Å². The van der Waals surface area contributed by atoms with Crippen LogP contribution in [-0.2, 0) is 9.53 Å². The fraction of sp³-hybridized carbons (Fsp3) is 0.786. The Hall–Kier alpha value is -0.990. The topological polar surface area (TPSA) is 38.3 Å². The minimum atomic E-state index is 0.0132. The largest absolute Gasteiger partial charge is 0.488 e. The van der Waals surface area contributed by atoms with Crippen molar-refractivity contribution in [1.82, 2.24) is 5.32 Å². The molecule has 1 fully saturated rings. The van der Waals surface area contributed by atoms with Gasteiger partial charge in [0.2, 0.25) is 0 Å². The predicted octanol–water partition coefficient (Wildman–Crippen LogP) is 3.01. The number of ether oxygens (including phenoxy) is 1. The highest BCUT2D eigenvalue weighted by atomic mass is 16.5. The second-order valence-corrected chi connectivity index (χ2v) is 4.86. The Morgan fingerprint density at radius 2 is 1.88 bits per heavy atom. The number of nitrogens with one attached hydrogen (secondary N) is 1. The molecular formula is C14H25NO2. The molecule has 1 N–H and O–H groups in total. The molecule has 1 aliphatic rings. The predicted molar refractivity (Wildman–Crippen MR) is 69.6 cm³/mol. The van der Waals surface area contributed by atoms with E-state index in [-0.39, 0.29) is 5.78 Å². The highest BCUT2D eigenvalue weighted by Gasteiger charge is 2.16. The van der Waals surface area contributed by atoms with E-state index < -0.39 is 0 Å². The summed E-state index contributed by atoms with van der Waals surface area (Å²) in [6.45, 7) is 6.99. The average Bonchev–Trinajstić information content (AvgIpc) is 2.30. The van der Waals surface area contributed by atoms with Crippen LogP contribution in [0.2, 0.25) is 0 Å². The van der Waals surface area contributed by atoms with E-state index in [0.29, 0.717) is 18.3 Å². The van der Waals surface area contributed by atoms with Gasteiger partial charge in [-0.3, -0.25) is 4.79 Å². The normalized spacial score (nSPS) is 18.5. The summed E-state index contributed by atoms with van der Waals surface area (Å²) < 4.78 is 5.72. The van der Waals surface area contributed by atoms with Crippen LogP contribution >= 0.6 is 0 Å². The maximum atomic E-state index is 11.5. The van der Waals surface area contributed by atoms with Crippen LogP contribution in [0.5, 0.6) is 0 Å². The number of hydrogen-bond donors (Lipinski definition) is 1. The number of rotatable bonds is 6. The molecular weight excluding hydrogens is 214 g/mol. The lowest BCUT2D eigenvalue weighted by molar-refractivity contribution is -0.117. The monoisotopic (exact) mass is 239 g/mol. The number of allylic oxidation sites excluding steroid dienone is 2. The Balaban J connectivity index is 2.49. The molecule has 1 rings (SSSR count). The molecule has 0 saturated heterocycles. The van der Waals surface area contributed by atoms with E-state index in [0.717, 1.165) is 12.2 Å². The van der Waals surface area contributed by atoms with Crippen molar-refractivity contribution in [1.29, 1.82) is 0 Å². The van der Waals surface area contributed by atoms with Gasteiger partial charge in [0.1, 0.15) is 0 Å². The van der Waals surface area contributed by atoms with Crippen molar-refractivity contribution in [2.45, 2.75) is 52.9 Å². The lowest BCUT2D eigenvalue weighted by Crippen LogP contribution is -2.20. The van der Waals surface area contributed by atoms with Crippen molar-refractivity contribution < 1.29 is 9.53 Å². The Bertz CT molecular complexity index is 278. The summed E-state index contributed by atoms with van der Waals surface area (Å²) in [6.07, 6.45) is 6.44. The standard InChI is InChI=1S/C14H25NO2/c1-4-15-11(2)14(12(3)16)17-10-13-8-6-5-7-9-13/h13,15H,4-10H2,1-3H3/b14-11-. The maximum absolute atomic E-state index is 11.5. The van der Waals surface area contributed by atoms with Crippen molar-refractivity contribution in [2.75, 3.05) is 13.2 Å². The molecule has 0 heterocycles. The summed E-state index contributed by atoms with van der Waals surface area (Å²) >= 11 is 0. The Labute approximate surface area is 105 Å². The molecule has 0 bridgehead atoms. The molecule has 98 valence electrons. The van der Waals surface area contributed by atoms with Gasteiger partial charge in [0.15, 0.2) is 11.5 Å². The first kappa shape index (κ1) is 14.1. The van der Waals surface area contributed by atoms with Gasteiger partial charge in [-0.15, -0.1) is 0 Å². The Morgan fingerprint density at radius 3 is 2.41 bits per heavy atom. The third kappa shape index (κ3) is 4.80. The van der Waals surface area contributed by atoms with E-state index in [1.54, 1.807) is 6.92 Å². The first-order valence-corrected chi connectivity index (χ1v) is 6.73. The van der Waals surface area contributed by atoms with Crippen LogP contribution in [0.1, 0.15) is 52.9 Å². The second kappa shape index (κ2) is 7.36. The molecule has 0 unspecified atom stereocenters. The molecule has 0 radical (unpaired) electrons. The number of carbonyl (C=O) groups excluding carboxylic acids is 1. The first-order chi connectivity index (χ1) is 8.15. The summed E-state index contributed by atoms with van der Waals surface area (Å²) in [4.78, 5) is 11.5. The molecule has 3 nitrogen and oxygen atoms in total. The Morgan fingerprint density at radius 1 is 1.24 bits per heavy atom. The van der Waals surface area contributed by atoms with Crippen LogP contribution in [0.4, 0.5) is 0 Å². The molecule has 0 amide bonds. The third-order valence-electron chi connectivity index (χ3n) is 3.29. The van der Waals surface area contributed by atoms with Gasteiger partial charge in [0.05, 0.1) is 12.3 Å². The van der Waals surface area contributed by atoms with Crippen molar-refractivity contribution in [3.8, 4) is 0 Å². The Kier molecular flexibility index (Phi) is 6.09. The molecule has 0 atom stereocenters. The zero-order chi connectivity index (χ0) is 12.7. The van der Waals surface area contributed by atoms with Crippen LogP contribution in [0.3, 0.4) is 0 Å². The number of ketones is 1. The zero-order valence-corrected chi connectivity index (χ0v) is 11.3. The summed E-state index contributed by atoms with van der Waals surface area (Å²) in [7, 11) is 0. The number of carbonyl (C=O) groups is 1. The molecule has 0 aromatic carbocycles. The van der Waals surface area contributed by atoms with Gasteiger partial charge in [-0.05, 0) is 32.6 Å². The molecule has 1 saturated carbocycles. The highest BCUT2D eigenvalue weighted by molar-refractivity contribution is 5.91. The summed E-state index contributed by atoms with van der Waals surface area (Å²) in [5.74, 6) is 1.16. The smallest absolute Gasteiger partial charge is 0.196 e. The molecule has 3 heteroatoms. The van der Waals surface area contributed by atoms with Gasteiger partial charge >= 0.3 is 0 Å². The molecule has 1 aliphatic carbocycles. The SMILES string of the molecule is CCN/C(C)=C(\OCC1CCCCC1)C(C)=O. The molecule has 0 aromatic heterocycles. The van der Waals surface area contributed by atoms with Gasteiger partial charge in [0.25, 0.3) is 0 Å². The fourth-order valence-electron chi connectivity index (χ4n) is 2.37.